The number of halogens is 1. The summed E-state index contributed by atoms with van der Waals surface area (Å²) in [6.07, 6.45) is 0. The normalized spacial score (nSPS) is 15.2. The van der Waals surface area contributed by atoms with Crippen molar-refractivity contribution >= 4 is 16.8 Å². The van der Waals surface area contributed by atoms with E-state index in [0.717, 1.165) is 0 Å². The molecule has 1 nitrogen and oxygen atoms in total. The summed E-state index contributed by atoms with van der Waals surface area (Å²) in [6, 6.07) is 0. The molecule has 0 bridgehead atoms. The Hall–Kier alpha value is -0.0400. The molecule has 0 aromatic rings. The van der Waals surface area contributed by atoms with E-state index < -0.39 is 0 Å². The number of hydrogen-bond acceptors (Lipinski definition) is 1. The second-order valence-electron chi connectivity index (χ2n) is 4.39. The van der Waals surface area contributed by atoms with Crippen LogP contribution in [0, 0.1) is 17.3 Å². The fourth-order valence-electron chi connectivity index (χ4n) is 1.60. The molecule has 0 saturated heterocycles. The average Bonchev–Trinajstić information content (AvgIpc) is 1.54. The zero-order chi connectivity index (χ0) is 9.23. The standard InChI is InChI=1S/C9H17ClO/c1-6(2)7(8(10)11)9(3,4)5/h6-7H,1-5H3. The van der Waals surface area contributed by atoms with Crippen molar-refractivity contribution in [3.8, 4) is 0 Å². The Morgan fingerprint density at radius 3 is 1.64 bits per heavy atom. The largest absolute Gasteiger partial charge is 0.281 e. The van der Waals surface area contributed by atoms with Gasteiger partial charge in [-0.25, -0.2) is 0 Å². The summed E-state index contributed by atoms with van der Waals surface area (Å²) in [4.78, 5) is 11.0. The smallest absolute Gasteiger partial charge is 0.225 e. The maximum Gasteiger partial charge on any atom is 0.225 e. The molecule has 0 saturated carbocycles. The van der Waals surface area contributed by atoms with Gasteiger partial charge in [-0.05, 0) is 22.9 Å². The zero-order valence-corrected chi connectivity index (χ0v) is 8.70. The summed E-state index contributed by atoms with van der Waals surface area (Å²) in [5.41, 5.74) is -0.0208. The number of carbonyl (C=O) groups is 1. The molecule has 0 aliphatic rings. The maximum absolute atomic E-state index is 11.0. The van der Waals surface area contributed by atoms with Crippen LogP contribution in [0.3, 0.4) is 0 Å². The van der Waals surface area contributed by atoms with Crippen molar-refractivity contribution in [1.29, 1.82) is 0 Å². The summed E-state index contributed by atoms with van der Waals surface area (Å²) in [5.74, 6) is 0.282. The summed E-state index contributed by atoms with van der Waals surface area (Å²) in [5, 5.41) is -0.215. The minimum absolute atomic E-state index is 0.0208. The lowest BCUT2D eigenvalue weighted by atomic mass is 9.75. The predicted octanol–water partition coefficient (Wildman–Crippen LogP) is 3.07. The predicted molar refractivity (Wildman–Crippen MR) is 48.6 cm³/mol. The monoisotopic (exact) mass is 176 g/mol. The van der Waals surface area contributed by atoms with Crippen molar-refractivity contribution in [2.75, 3.05) is 0 Å². The first-order valence-electron chi connectivity index (χ1n) is 3.96. The summed E-state index contributed by atoms with van der Waals surface area (Å²) in [6.45, 7) is 10.2. The second-order valence-corrected chi connectivity index (χ2v) is 4.76. The minimum Gasteiger partial charge on any atom is -0.281 e. The van der Waals surface area contributed by atoms with Gasteiger partial charge in [-0.2, -0.15) is 0 Å². The van der Waals surface area contributed by atoms with Crippen LogP contribution in [0.4, 0.5) is 0 Å². The topological polar surface area (TPSA) is 17.1 Å². The highest BCUT2D eigenvalue weighted by Gasteiger charge is 2.32. The first-order valence-corrected chi connectivity index (χ1v) is 4.34. The van der Waals surface area contributed by atoms with Crippen LogP contribution in [-0.4, -0.2) is 5.24 Å². The molecule has 2 heteroatoms. The van der Waals surface area contributed by atoms with Gasteiger partial charge in [0.25, 0.3) is 0 Å². The lowest BCUT2D eigenvalue weighted by molar-refractivity contribution is -0.119. The van der Waals surface area contributed by atoms with E-state index in [1.54, 1.807) is 0 Å². The molecule has 1 unspecified atom stereocenters. The van der Waals surface area contributed by atoms with Gasteiger partial charge in [0.1, 0.15) is 0 Å². The van der Waals surface area contributed by atoms with Crippen LogP contribution in [0.5, 0.6) is 0 Å². The van der Waals surface area contributed by atoms with Gasteiger partial charge in [0.2, 0.25) is 5.24 Å². The van der Waals surface area contributed by atoms with Crippen LogP contribution in [0.25, 0.3) is 0 Å². The Kier molecular flexibility index (Phi) is 3.56. The molecule has 0 amide bonds. The Morgan fingerprint density at radius 2 is 1.64 bits per heavy atom. The van der Waals surface area contributed by atoms with E-state index in [9.17, 15) is 4.79 Å². The summed E-state index contributed by atoms with van der Waals surface area (Å²) >= 11 is 5.48. The third-order valence-corrected chi connectivity index (χ3v) is 2.08. The van der Waals surface area contributed by atoms with Crippen LogP contribution in [0.1, 0.15) is 34.6 Å². The van der Waals surface area contributed by atoms with E-state index in [-0.39, 0.29) is 16.6 Å². The summed E-state index contributed by atoms with van der Waals surface area (Å²) < 4.78 is 0. The fraction of sp³-hybridized carbons (Fsp3) is 0.889. The Labute approximate surface area is 74.1 Å². The first-order chi connectivity index (χ1) is 4.76. The molecule has 11 heavy (non-hydrogen) atoms. The van der Waals surface area contributed by atoms with Crippen LogP contribution in [0.2, 0.25) is 0 Å². The van der Waals surface area contributed by atoms with Gasteiger partial charge in [-0.1, -0.05) is 34.6 Å². The zero-order valence-electron chi connectivity index (χ0n) is 7.94. The third-order valence-electron chi connectivity index (χ3n) is 1.84. The molecular weight excluding hydrogens is 160 g/mol. The maximum atomic E-state index is 11.0. The fourth-order valence-corrected chi connectivity index (χ4v) is 2.18. The molecule has 0 aromatic carbocycles. The van der Waals surface area contributed by atoms with Crippen molar-refractivity contribution in [2.45, 2.75) is 34.6 Å². The van der Waals surface area contributed by atoms with Crippen LogP contribution in [0.15, 0.2) is 0 Å². The van der Waals surface area contributed by atoms with E-state index in [0.29, 0.717) is 5.92 Å². The highest BCUT2D eigenvalue weighted by atomic mass is 35.5. The van der Waals surface area contributed by atoms with E-state index >= 15 is 0 Å². The average molecular weight is 177 g/mol. The van der Waals surface area contributed by atoms with Crippen molar-refractivity contribution in [2.24, 2.45) is 17.3 Å². The molecule has 0 fully saturated rings. The van der Waals surface area contributed by atoms with E-state index in [1.165, 1.54) is 0 Å². The minimum atomic E-state index is -0.215. The van der Waals surface area contributed by atoms with Crippen molar-refractivity contribution < 1.29 is 4.79 Å². The molecular formula is C9H17ClO. The van der Waals surface area contributed by atoms with E-state index in [1.807, 2.05) is 34.6 Å². The molecule has 0 spiro atoms. The van der Waals surface area contributed by atoms with Crippen molar-refractivity contribution in [3.63, 3.8) is 0 Å². The number of hydrogen-bond donors (Lipinski definition) is 0. The van der Waals surface area contributed by atoms with Gasteiger partial charge >= 0.3 is 0 Å². The Morgan fingerprint density at radius 1 is 1.27 bits per heavy atom. The number of carbonyl (C=O) groups excluding carboxylic acids is 1. The van der Waals surface area contributed by atoms with Crippen LogP contribution >= 0.6 is 11.6 Å². The van der Waals surface area contributed by atoms with Gasteiger partial charge < -0.3 is 0 Å². The van der Waals surface area contributed by atoms with Gasteiger partial charge in [-0.3, -0.25) is 4.79 Å². The molecule has 0 N–H and O–H groups in total. The number of rotatable bonds is 2. The van der Waals surface area contributed by atoms with Crippen molar-refractivity contribution in [1.82, 2.24) is 0 Å². The highest BCUT2D eigenvalue weighted by molar-refractivity contribution is 6.64. The third kappa shape index (κ3) is 3.24. The molecule has 0 aromatic heterocycles. The molecule has 66 valence electrons. The highest BCUT2D eigenvalue weighted by Crippen LogP contribution is 2.33. The van der Waals surface area contributed by atoms with Crippen molar-refractivity contribution in [3.05, 3.63) is 0 Å². The van der Waals surface area contributed by atoms with Crippen LogP contribution < -0.4 is 0 Å². The molecule has 0 heterocycles. The molecule has 0 rings (SSSR count). The molecule has 0 radical (unpaired) electrons. The van der Waals surface area contributed by atoms with Gasteiger partial charge in [-0.15, -0.1) is 0 Å². The summed E-state index contributed by atoms with van der Waals surface area (Å²) in [7, 11) is 0. The van der Waals surface area contributed by atoms with E-state index in [2.05, 4.69) is 0 Å². The lowest BCUT2D eigenvalue weighted by Crippen LogP contribution is -2.30. The lowest BCUT2D eigenvalue weighted by Gasteiger charge is -2.30. The first kappa shape index (κ1) is 11.0. The van der Waals surface area contributed by atoms with Gasteiger partial charge in [0.15, 0.2) is 0 Å². The Balaban J connectivity index is 4.49. The molecule has 1 atom stereocenters. The Bertz CT molecular complexity index is 144. The molecule has 0 aliphatic carbocycles. The van der Waals surface area contributed by atoms with Gasteiger partial charge in [0.05, 0.1) is 0 Å². The quantitative estimate of drug-likeness (QED) is 0.591. The van der Waals surface area contributed by atoms with Crippen LogP contribution in [-0.2, 0) is 4.79 Å². The second kappa shape index (κ2) is 3.57. The SMILES string of the molecule is CC(C)C(C(=O)Cl)C(C)(C)C. The van der Waals surface area contributed by atoms with E-state index in [4.69, 9.17) is 11.6 Å². The van der Waals surface area contributed by atoms with Gasteiger partial charge in [0, 0.05) is 5.92 Å². The molecule has 0 aliphatic heterocycles.